The maximum Gasteiger partial charge on any atom is 0.241 e. The van der Waals surface area contributed by atoms with Gasteiger partial charge in [0, 0.05) is 17.3 Å². The molecule has 0 atom stereocenters. The molecule has 0 saturated carbocycles. The average Bonchev–Trinajstić information content (AvgIpc) is 2.58. The van der Waals surface area contributed by atoms with Crippen LogP contribution >= 0.6 is 24.0 Å². The van der Waals surface area contributed by atoms with E-state index in [0.717, 1.165) is 5.69 Å². The van der Waals surface area contributed by atoms with E-state index in [9.17, 15) is 8.42 Å². The molecule has 154 valence electrons. The van der Waals surface area contributed by atoms with Crippen LogP contribution in [0.2, 0.25) is 0 Å². The number of nitrogens with one attached hydrogen (secondary N) is 2. The molecule has 0 aliphatic rings. The van der Waals surface area contributed by atoms with Crippen LogP contribution in [-0.4, -0.2) is 27.0 Å². The molecule has 0 fully saturated rings. The first-order valence-corrected chi connectivity index (χ1v) is 9.92. The second-order valence-corrected chi connectivity index (χ2v) is 8.67. The maximum absolute atomic E-state index is 12.7. The Morgan fingerprint density at radius 1 is 1.14 bits per heavy atom. The van der Waals surface area contributed by atoms with Crippen molar-refractivity contribution in [3.05, 3.63) is 54.1 Å². The number of hydrogen-bond acceptors (Lipinski definition) is 4. The third kappa shape index (κ3) is 7.28. The highest BCUT2D eigenvalue weighted by molar-refractivity contribution is 14.0. The number of halogens is 1. The van der Waals surface area contributed by atoms with Crippen LogP contribution in [0.5, 0.6) is 5.75 Å². The molecule has 0 aliphatic carbocycles. The second-order valence-electron chi connectivity index (χ2n) is 7.02. The van der Waals surface area contributed by atoms with Crippen molar-refractivity contribution in [2.75, 3.05) is 12.4 Å². The van der Waals surface area contributed by atoms with E-state index >= 15 is 0 Å². The van der Waals surface area contributed by atoms with Gasteiger partial charge in [0.05, 0.1) is 18.6 Å². The highest BCUT2D eigenvalue weighted by Gasteiger charge is 2.24. The first-order chi connectivity index (χ1) is 12.6. The van der Waals surface area contributed by atoms with E-state index in [1.165, 1.54) is 0 Å². The predicted octanol–water partition coefficient (Wildman–Crippen LogP) is 3.32. The number of nitrogens with zero attached hydrogens (tertiary/aromatic N) is 1. The summed E-state index contributed by atoms with van der Waals surface area (Å²) in [5.41, 5.74) is 6.65. The zero-order chi connectivity index (χ0) is 20.1. The third-order valence-corrected chi connectivity index (χ3v) is 5.32. The molecule has 0 bridgehead atoms. The molecule has 0 unspecified atom stereocenters. The molecule has 0 heterocycles. The summed E-state index contributed by atoms with van der Waals surface area (Å²) in [7, 11) is -2.08. The Hall–Kier alpha value is -1.85. The van der Waals surface area contributed by atoms with Crippen molar-refractivity contribution in [2.45, 2.75) is 37.8 Å². The summed E-state index contributed by atoms with van der Waals surface area (Å²) in [5.74, 6) is 0.872. The fourth-order valence-electron chi connectivity index (χ4n) is 2.41. The van der Waals surface area contributed by atoms with Gasteiger partial charge in [-0.25, -0.2) is 18.1 Å². The molecule has 9 heteroatoms. The summed E-state index contributed by atoms with van der Waals surface area (Å²) in [4.78, 5) is 4.46. The fraction of sp³-hybridized carbons (Fsp3) is 0.316. The SMILES string of the molecule is COc1cccc(NC(N)=NCc2ccccc2S(=O)(=O)NC(C)(C)C)c1.I. The summed E-state index contributed by atoms with van der Waals surface area (Å²) >= 11 is 0. The van der Waals surface area contributed by atoms with Gasteiger partial charge < -0.3 is 15.8 Å². The fourth-order valence-corrected chi connectivity index (χ4v) is 4.06. The molecule has 7 nitrogen and oxygen atoms in total. The van der Waals surface area contributed by atoms with E-state index in [-0.39, 0.29) is 41.4 Å². The molecule has 0 aromatic heterocycles. The van der Waals surface area contributed by atoms with E-state index in [4.69, 9.17) is 10.5 Å². The molecule has 0 amide bonds. The van der Waals surface area contributed by atoms with Crippen molar-refractivity contribution >= 4 is 45.6 Å². The van der Waals surface area contributed by atoms with Gasteiger partial charge in [-0.05, 0) is 44.5 Å². The zero-order valence-electron chi connectivity index (χ0n) is 16.4. The lowest BCUT2D eigenvalue weighted by Crippen LogP contribution is -2.40. The Morgan fingerprint density at radius 2 is 1.82 bits per heavy atom. The Labute approximate surface area is 183 Å². The van der Waals surface area contributed by atoms with Crippen LogP contribution in [0.25, 0.3) is 0 Å². The van der Waals surface area contributed by atoms with Gasteiger partial charge in [0.25, 0.3) is 0 Å². The molecule has 0 radical (unpaired) electrons. The van der Waals surface area contributed by atoms with Gasteiger partial charge in [0.2, 0.25) is 10.0 Å². The Morgan fingerprint density at radius 3 is 2.46 bits per heavy atom. The maximum atomic E-state index is 12.7. The van der Waals surface area contributed by atoms with Crippen molar-refractivity contribution in [3.63, 3.8) is 0 Å². The van der Waals surface area contributed by atoms with Crippen LogP contribution in [0.1, 0.15) is 26.3 Å². The lowest BCUT2D eigenvalue weighted by atomic mass is 10.1. The second kappa shape index (κ2) is 10.1. The van der Waals surface area contributed by atoms with Crippen molar-refractivity contribution in [2.24, 2.45) is 10.7 Å². The quantitative estimate of drug-likeness (QED) is 0.309. The average molecular weight is 518 g/mol. The van der Waals surface area contributed by atoms with Crippen molar-refractivity contribution in [3.8, 4) is 5.75 Å². The Bertz CT molecular complexity index is 925. The Kier molecular flexibility index (Phi) is 8.71. The minimum Gasteiger partial charge on any atom is -0.497 e. The van der Waals surface area contributed by atoms with Crippen LogP contribution < -0.4 is 20.5 Å². The molecule has 0 saturated heterocycles. The molecule has 28 heavy (non-hydrogen) atoms. The molecular formula is C19H27IN4O3S. The van der Waals surface area contributed by atoms with Crippen LogP contribution in [0.3, 0.4) is 0 Å². The number of nitrogens with two attached hydrogens (primary N) is 1. The number of anilines is 1. The summed E-state index contributed by atoms with van der Waals surface area (Å²) in [6.07, 6.45) is 0. The molecule has 2 aromatic carbocycles. The van der Waals surface area contributed by atoms with Gasteiger partial charge in [0.15, 0.2) is 5.96 Å². The Balaban J connectivity index is 0.00000392. The molecular weight excluding hydrogens is 491 g/mol. The summed E-state index contributed by atoms with van der Waals surface area (Å²) in [6, 6.07) is 14.0. The predicted molar refractivity (Wildman–Crippen MR) is 124 cm³/mol. The summed E-state index contributed by atoms with van der Waals surface area (Å²) in [6.45, 7) is 5.51. The van der Waals surface area contributed by atoms with Crippen LogP contribution in [0, 0.1) is 0 Å². The number of benzene rings is 2. The van der Waals surface area contributed by atoms with Gasteiger partial charge in [-0.3, -0.25) is 0 Å². The highest BCUT2D eigenvalue weighted by Crippen LogP contribution is 2.19. The molecule has 2 rings (SSSR count). The number of hydrogen-bond donors (Lipinski definition) is 3. The number of methoxy groups -OCH3 is 1. The number of guanidine groups is 1. The highest BCUT2D eigenvalue weighted by atomic mass is 127. The molecule has 4 N–H and O–H groups in total. The van der Waals surface area contributed by atoms with E-state index in [0.29, 0.717) is 11.3 Å². The largest absolute Gasteiger partial charge is 0.497 e. The van der Waals surface area contributed by atoms with Crippen LogP contribution in [0.15, 0.2) is 58.4 Å². The third-order valence-electron chi connectivity index (χ3n) is 3.46. The number of aliphatic imine (C=N–C) groups is 1. The van der Waals surface area contributed by atoms with Crippen LogP contribution in [-0.2, 0) is 16.6 Å². The lowest BCUT2D eigenvalue weighted by Gasteiger charge is -2.21. The van der Waals surface area contributed by atoms with Crippen LogP contribution in [0.4, 0.5) is 5.69 Å². The lowest BCUT2D eigenvalue weighted by molar-refractivity contribution is 0.415. The van der Waals surface area contributed by atoms with Crippen molar-refractivity contribution in [1.82, 2.24) is 4.72 Å². The van der Waals surface area contributed by atoms with E-state index in [1.54, 1.807) is 58.2 Å². The van der Waals surface area contributed by atoms with Gasteiger partial charge in [0.1, 0.15) is 5.75 Å². The van der Waals surface area contributed by atoms with Gasteiger partial charge in [-0.15, -0.1) is 24.0 Å². The summed E-state index contributed by atoms with van der Waals surface area (Å²) in [5, 5.41) is 2.97. The van der Waals surface area contributed by atoms with E-state index in [1.807, 2.05) is 18.2 Å². The normalized spacial score (nSPS) is 12.2. The minimum atomic E-state index is -3.66. The van der Waals surface area contributed by atoms with E-state index < -0.39 is 15.6 Å². The topological polar surface area (TPSA) is 106 Å². The van der Waals surface area contributed by atoms with Gasteiger partial charge in [-0.2, -0.15) is 0 Å². The molecule has 0 spiro atoms. The number of ether oxygens (including phenoxy) is 1. The standard InChI is InChI=1S/C19H26N4O3S.HI/c1-19(2,3)23-27(24,25)17-11-6-5-8-14(17)13-21-18(20)22-15-9-7-10-16(12-15)26-4;/h5-12,23H,13H2,1-4H3,(H3,20,21,22);1H. The molecule has 0 aliphatic heterocycles. The zero-order valence-corrected chi connectivity index (χ0v) is 19.5. The molecule has 2 aromatic rings. The minimum absolute atomic E-state index is 0. The first-order valence-electron chi connectivity index (χ1n) is 8.43. The van der Waals surface area contributed by atoms with E-state index in [2.05, 4.69) is 15.0 Å². The number of rotatable bonds is 6. The van der Waals surface area contributed by atoms with Gasteiger partial charge >= 0.3 is 0 Å². The van der Waals surface area contributed by atoms with Gasteiger partial charge in [-0.1, -0.05) is 24.3 Å². The van der Waals surface area contributed by atoms with Crippen molar-refractivity contribution < 1.29 is 13.2 Å². The first kappa shape index (κ1) is 24.2. The smallest absolute Gasteiger partial charge is 0.241 e. The number of sulfonamides is 1. The monoisotopic (exact) mass is 518 g/mol. The summed E-state index contributed by atoms with van der Waals surface area (Å²) < 4.78 is 33.1. The van der Waals surface area contributed by atoms with Crippen molar-refractivity contribution in [1.29, 1.82) is 0 Å².